The summed E-state index contributed by atoms with van der Waals surface area (Å²) in [4.78, 5) is 4.41. The highest BCUT2D eigenvalue weighted by Crippen LogP contribution is 2.15. The van der Waals surface area contributed by atoms with Crippen LogP contribution in [0, 0.1) is 12.8 Å². The van der Waals surface area contributed by atoms with Crippen molar-refractivity contribution in [3.63, 3.8) is 0 Å². The fourth-order valence-corrected chi connectivity index (χ4v) is 2.60. The second kappa shape index (κ2) is 5.67. The maximum Gasteiger partial charge on any atom is 0.159 e. The molecule has 0 saturated carbocycles. The van der Waals surface area contributed by atoms with Crippen molar-refractivity contribution in [1.29, 1.82) is 0 Å². The molecule has 3 heterocycles. The molecule has 1 aliphatic rings. The van der Waals surface area contributed by atoms with Gasteiger partial charge in [0.25, 0.3) is 0 Å². The molecule has 0 unspecified atom stereocenters. The Morgan fingerprint density at radius 1 is 1.42 bits per heavy atom. The van der Waals surface area contributed by atoms with Crippen LogP contribution in [0.15, 0.2) is 18.5 Å². The lowest BCUT2D eigenvalue weighted by molar-refractivity contribution is 0.0662. The molecule has 19 heavy (non-hydrogen) atoms. The van der Waals surface area contributed by atoms with E-state index in [0.29, 0.717) is 0 Å². The molecule has 0 amide bonds. The molecule has 0 radical (unpaired) electrons. The molecule has 102 valence electrons. The van der Waals surface area contributed by atoms with Crippen LogP contribution in [0.25, 0.3) is 5.65 Å². The Kier molecular flexibility index (Phi) is 3.75. The number of hydrogen-bond acceptors (Lipinski definition) is 4. The van der Waals surface area contributed by atoms with Crippen LogP contribution in [0.5, 0.6) is 0 Å². The molecule has 5 nitrogen and oxygen atoms in total. The third kappa shape index (κ3) is 2.77. The fourth-order valence-electron chi connectivity index (χ4n) is 2.60. The molecule has 0 bridgehead atoms. The van der Waals surface area contributed by atoms with Gasteiger partial charge in [0, 0.05) is 37.7 Å². The van der Waals surface area contributed by atoms with Crippen molar-refractivity contribution < 1.29 is 4.74 Å². The molecule has 1 N–H and O–H groups in total. The van der Waals surface area contributed by atoms with Gasteiger partial charge in [-0.3, -0.25) is 0 Å². The van der Waals surface area contributed by atoms with E-state index in [9.17, 15) is 0 Å². The van der Waals surface area contributed by atoms with Crippen molar-refractivity contribution in [2.75, 3.05) is 19.8 Å². The van der Waals surface area contributed by atoms with Gasteiger partial charge in [0.1, 0.15) is 0 Å². The number of aromatic nitrogens is 3. The highest BCUT2D eigenvalue weighted by molar-refractivity contribution is 5.49. The Hall–Kier alpha value is -1.46. The van der Waals surface area contributed by atoms with E-state index in [2.05, 4.69) is 15.4 Å². The molecule has 0 atom stereocenters. The quantitative estimate of drug-likeness (QED) is 0.906. The summed E-state index contributed by atoms with van der Waals surface area (Å²) in [5.74, 6) is 0.740. The van der Waals surface area contributed by atoms with Crippen molar-refractivity contribution in [3.8, 4) is 0 Å². The zero-order chi connectivity index (χ0) is 13.1. The predicted octanol–water partition coefficient (Wildman–Crippen LogP) is 1.55. The summed E-state index contributed by atoms with van der Waals surface area (Å²) in [7, 11) is 0. The maximum absolute atomic E-state index is 5.38. The monoisotopic (exact) mass is 260 g/mol. The minimum Gasteiger partial charge on any atom is -0.381 e. The van der Waals surface area contributed by atoms with Crippen molar-refractivity contribution in [2.24, 2.45) is 5.92 Å². The van der Waals surface area contributed by atoms with E-state index in [-0.39, 0.29) is 0 Å². The average Bonchev–Trinajstić information content (AvgIpc) is 2.76. The van der Waals surface area contributed by atoms with Gasteiger partial charge in [0.2, 0.25) is 0 Å². The first kappa shape index (κ1) is 12.6. The Bertz CT molecular complexity index is 545. The highest BCUT2D eigenvalue weighted by atomic mass is 16.5. The number of fused-ring (bicyclic) bond motifs is 1. The number of hydrogen-bond donors (Lipinski definition) is 1. The van der Waals surface area contributed by atoms with Gasteiger partial charge in [-0.05, 0) is 38.3 Å². The van der Waals surface area contributed by atoms with E-state index in [4.69, 9.17) is 4.74 Å². The van der Waals surface area contributed by atoms with E-state index in [1.807, 2.05) is 29.9 Å². The molecule has 2 aromatic heterocycles. The molecular formula is C14H20N4O. The lowest BCUT2D eigenvalue weighted by atomic mass is 10.0. The van der Waals surface area contributed by atoms with E-state index < -0.39 is 0 Å². The maximum atomic E-state index is 5.38. The largest absolute Gasteiger partial charge is 0.381 e. The molecule has 0 aromatic carbocycles. The van der Waals surface area contributed by atoms with Gasteiger partial charge < -0.3 is 10.1 Å². The van der Waals surface area contributed by atoms with Crippen LogP contribution in [-0.2, 0) is 11.3 Å². The van der Waals surface area contributed by atoms with Crippen LogP contribution in [0.3, 0.4) is 0 Å². The van der Waals surface area contributed by atoms with Crippen molar-refractivity contribution >= 4 is 5.65 Å². The minimum absolute atomic E-state index is 0.740. The van der Waals surface area contributed by atoms with Crippen LogP contribution >= 0.6 is 0 Å². The first-order valence-electron chi connectivity index (χ1n) is 6.92. The first-order chi connectivity index (χ1) is 9.34. The van der Waals surface area contributed by atoms with Gasteiger partial charge in [-0.15, -0.1) is 0 Å². The molecule has 0 spiro atoms. The lowest BCUT2D eigenvalue weighted by Gasteiger charge is -2.22. The van der Waals surface area contributed by atoms with Crippen LogP contribution in [0.2, 0.25) is 0 Å². The van der Waals surface area contributed by atoms with E-state index >= 15 is 0 Å². The highest BCUT2D eigenvalue weighted by Gasteiger charge is 2.14. The summed E-state index contributed by atoms with van der Waals surface area (Å²) in [6, 6.07) is 1.90. The number of nitrogens with one attached hydrogen (secondary N) is 1. The van der Waals surface area contributed by atoms with Crippen molar-refractivity contribution in [3.05, 3.63) is 29.7 Å². The van der Waals surface area contributed by atoms with Crippen LogP contribution < -0.4 is 5.32 Å². The van der Waals surface area contributed by atoms with Gasteiger partial charge in [-0.1, -0.05) is 0 Å². The van der Waals surface area contributed by atoms with Crippen molar-refractivity contribution in [2.45, 2.75) is 26.3 Å². The zero-order valence-electron chi connectivity index (χ0n) is 11.3. The van der Waals surface area contributed by atoms with Gasteiger partial charge in [-0.25, -0.2) is 9.50 Å². The van der Waals surface area contributed by atoms with Crippen LogP contribution in [0.1, 0.15) is 24.1 Å². The topological polar surface area (TPSA) is 51.5 Å². The Balaban J connectivity index is 1.63. The summed E-state index contributed by atoms with van der Waals surface area (Å²) in [5.41, 5.74) is 3.21. The van der Waals surface area contributed by atoms with Crippen LogP contribution in [-0.4, -0.2) is 34.4 Å². The van der Waals surface area contributed by atoms with Crippen LogP contribution in [0.4, 0.5) is 0 Å². The third-order valence-corrected chi connectivity index (χ3v) is 3.77. The van der Waals surface area contributed by atoms with E-state index in [1.54, 1.807) is 0 Å². The standard InChI is InChI=1S/C14H20N4O/c1-11-13(14-16-5-2-6-18(14)17-11)10-15-9-12-3-7-19-8-4-12/h2,5-6,12,15H,3-4,7-10H2,1H3. The van der Waals surface area contributed by atoms with Crippen molar-refractivity contribution in [1.82, 2.24) is 19.9 Å². The summed E-state index contributed by atoms with van der Waals surface area (Å²) in [5, 5.41) is 8.01. The summed E-state index contributed by atoms with van der Waals surface area (Å²) in [6.45, 7) is 5.74. The van der Waals surface area contributed by atoms with E-state index in [0.717, 1.165) is 43.6 Å². The van der Waals surface area contributed by atoms with Gasteiger partial charge >= 0.3 is 0 Å². The molecule has 1 fully saturated rings. The third-order valence-electron chi connectivity index (χ3n) is 3.77. The fraction of sp³-hybridized carbons (Fsp3) is 0.571. The summed E-state index contributed by atoms with van der Waals surface area (Å²) >= 11 is 0. The number of aryl methyl sites for hydroxylation is 1. The summed E-state index contributed by atoms with van der Waals surface area (Å²) in [6.07, 6.45) is 6.09. The molecule has 1 aliphatic heterocycles. The molecular weight excluding hydrogens is 240 g/mol. The van der Waals surface area contributed by atoms with Gasteiger partial charge in [0.05, 0.1) is 5.69 Å². The first-order valence-corrected chi connectivity index (χ1v) is 6.92. The molecule has 1 saturated heterocycles. The summed E-state index contributed by atoms with van der Waals surface area (Å²) < 4.78 is 7.23. The molecule has 5 heteroatoms. The van der Waals surface area contributed by atoms with Gasteiger partial charge in [0.15, 0.2) is 5.65 Å². The van der Waals surface area contributed by atoms with E-state index in [1.165, 1.54) is 18.4 Å². The Morgan fingerprint density at radius 3 is 3.11 bits per heavy atom. The molecule has 0 aliphatic carbocycles. The predicted molar refractivity (Wildman–Crippen MR) is 73.0 cm³/mol. The second-order valence-electron chi connectivity index (χ2n) is 5.14. The minimum atomic E-state index is 0.740. The van der Waals surface area contributed by atoms with Gasteiger partial charge in [-0.2, -0.15) is 5.10 Å². The SMILES string of the molecule is Cc1nn2cccnc2c1CNCC1CCOCC1. The molecule has 2 aromatic rings. The lowest BCUT2D eigenvalue weighted by Crippen LogP contribution is -2.27. The number of nitrogens with zero attached hydrogens (tertiary/aromatic N) is 3. The second-order valence-corrected chi connectivity index (χ2v) is 5.14. The smallest absolute Gasteiger partial charge is 0.159 e. The normalized spacial score (nSPS) is 17.1. The molecule has 3 rings (SSSR count). The zero-order valence-corrected chi connectivity index (χ0v) is 11.3. The number of ether oxygens (including phenoxy) is 1. The number of rotatable bonds is 4. The Morgan fingerprint density at radius 2 is 2.26 bits per heavy atom. The average molecular weight is 260 g/mol. The Labute approximate surface area is 113 Å².